The van der Waals surface area contributed by atoms with Gasteiger partial charge in [-0.05, 0) is 32.8 Å². The van der Waals surface area contributed by atoms with E-state index in [9.17, 15) is 9.90 Å². The second-order valence-corrected chi connectivity index (χ2v) is 8.03. The van der Waals surface area contributed by atoms with E-state index in [0.29, 0.717) is 13.0 Å². The zero-order valence-corrected chi connectivity index (χ0v) is 16.6. The van der Waals surface area contributed by atoms with E-state index in [1.807, 2.05) is 65.0 Å². The predicted molar refractivity (Wildman–Crippen MR) is 101 cm³/mol. The molecule has 1 aromatic carbocycles. The molecule has 148 valence electrons. The number of hydrogen-bond donors (Lipinski definition) is 2. The lowest BCUT2D eigenvalue weighted by Gasteiger charge is -2.32. The fourth-order valence-electron chi connectivity index (χ4n) is 2.73. The van der Waals surface area contributed by atoms with Crippen molar-refractivity contribution in [3.05, 3.63) is 35.9 Å². The van der Waals surface area contributed by atoms with Crippen molar-refractivity contribution in [1.29, 1.82) is 0 Å². The molecule has 0 heterocycles. The molecule has 0 spiro atoms. The largest absolute Gasteiger partial charge is 0.465 e. The van der Waals surface area contributed by atoms with Crippen LogP contribution in [0.15, 0.2) is 30.3 Å². The number of benzene rings is 1. The average molecular weight is 366 g/mol. The minimum Gasteiger partial charge on any atom is -0.465 e. The molecule has 4 atom stereocenters. The summed E-state index contributed by atoms with van der Waals surface area (Å²) in [6.07, 6.45) is -0.688. The number of ether oxygens (including phenoxy) is 2. The molecule has 0 radical (unpaired) electrons. The fraction of sp³-hybridized carbons (Fsp3) is 0.667. The van der Waals surface area contributed by atoms with Gasteiger partial charge in [-0.15, -0.1) is 0 Å². The molecule has 5 heteroatoms. The lowest BCUT2D eigenvalue weighted by Crippen LogP contribution is -2.39. The normalized spacial score (nSPS) is 16.6. The minimum absolute atomic E-state index is 0.0791. The number of aliphatic hydroxyl groups is 2. The molecule has 0 amide bonds. The molecule has 0 aliphatic rings. The summed E-state index contributed by atoms with van der Waals surface area (Å²) >= 11 is 0. The third-order valence-corrected chi connectivity index (χ3v) is 4.49. The van der Waals surface area contributed by atoms with Crippen LogP contribution < -0.4 is 0 Å². The molecule has 26 heavy (non-hydrogen) atoms. The SMILES string of the molecule is C[C@H]([C@H](OCc1ccccc1)[C@H](C)COC(=O)C(C)(C)C)[C@H](O)CCO. The van der Waals surface area contributed by atoms with Gasteiger partial charge in [0, 0.05) is 18.4 Å². The minimum atomic E-state index is -0.679. The topological polar surface area (TPSA) is 76.0 Å². The third-order valence-electron chi connectivity index (χ3n) is 4.49. The highest BCUT2D eigenvalue weighted by Crippen LogP contribution is 2.25. The van der Waals surface area contributed by atoms with Gasteiger partial charge < -0.3 is 19.7 Å². The molecule has 1 rings (SSSR count). The second-order valence-electron chi connectivity index (χ2n) is 8.03. The van der Waals surface area contributed by atoms with Crippen LogP contribution >= 0.6 is 0 Å². The summed E-state index contributed by atoms with van der Waals surface area (Å²) in [6.45, 7) is 9.87. The average Bonchev–Trinajstić information content (AvgIpc) is 2.59. The number of aliphatic hydroxyl groups excluding tert-OH is 2. The van der Waals surface area contributed by atoms with Crippen LogP contribution in [0.25, 0.3) is 0 Å². The van der Waals surface area contributed by atoms with Crippen LogP contribution in [0.4, 0.5) is 0 Å². The van der Waals surface area contributed by atoms with Gasteiger partial charge >= 0.3 is 5.97 Å². The van der Waals surface area contributed by atoms with Crippen LogP contribution in [0, 0.1) is 17.3 Å². The van der Waals surface area contributed by atoms with Crippen molar-refractivity contribution in [1.82, 2.24) is 0 Å². The van der Waals surface area contributed by atoms with Crippen molar-refractivity contribution in [3.63, 3.8) is 0 Å². The smallest absolute Gasteiger partial charge is 0.311 e. The Hall–Kier alpha value is -1.43. The first-order chi connectivity index (χ1) is 12.2. The van der Waals surface area contributed by atoms with Gasteiger partial charge in [0.2, 0.25) is 0 Å². The molecule has 0 saturated heterocycles. The van der Waals surface area contributed by atoms with E-state index in [-0.39, 0.29) is 37.1 Å². The molecule has 1 aromatic rings. The Labute approximate surface area is 157 Å². The maximum Gasteiger partial charge on any atom is 0.311 e. The first-order valence-corrected chi connectivity index (χ1v) is 9.28. The highest BCUT2D eigenvalue weighted by Gasteiger charge is 2.31. The zero-order valence-electron chi connectivity index (χ0n) is 16.6. The van der Waals surface area contributed by atoms with E-state index in [4.69, 9.17) is 14.6 Å². The highest BCUT2D eigenvalue weighted by atomic mass is 16.5. The summed E-state index contributed by atoms with van der Waals surface area (Å²) in [4.78, 5) is 12.0. The molecule has 0 unspecified atom stereocenters. The molecule has 2 N–H and O–H groups in total. The Morgan fingerprint density at radius 1 is 1.15 bits per heavy atom. The van der Waals surface area contributed by atoms with Crippen molar-refractivity contribution in [3.8, 4) is 0 Å². The van der Waals surface area contributed by atoms with Crippen LogP contribution in [0.2, 0.25) is 0 Å². The summed E-state index contributed by atoms with van der Waals surface area (Å²) in [5.41, 5.74) is 0.488. The number of hydrogen-bond acceptors (Lipinski definition) is 5. The van der Waals surface area contributed by atoms with E-state index in [0.717, 1.165) is 5.56 Å². The molecule has 0 aliphatic heterocycles. The lowest BCUT2D eigenvalue weighted by molar-refractivity contribution is -0.157. The lowest BCUT2D eigenvalue weighted by atomic mass is 9.88. The van der Waals surface area contributed by atoms with Crippen LogP contribution in [0.3, 0.4) is 0 Å². The molecule has 0 aromatic heterocycles. The monoisotopic (exact) mass is 366 g/mol. The van der Waals surface area contributed by atoms with Gasteiger partial charge in [-0.25, -0.2) is 0 Å². The van der Waals surface area contributed by atoms with Gasteiger partial charge in [-0.3, -0.25) is 4.79 Å². The molecule has 0 aliphatic carbocycles. The van der Waals surface area contributed by atoms with E-state index >= 15 is 0 Å². The Kier molecular flexibility index (Phi) is 9.27. The van der Waals surface area contributed by atoms with Gasteiger partial charge in [0.05, 0.1) is 30.8 Å². The van der Waals surface area contributed by atoms with Gasteiger partial charge in [0.15, 0.2) is 0 Å². The third kappa shape index (κ3) is 7.44. The van der Waals surface area contributed by atoms with Crippen molar-refractivity contribution >= 4 is 5.97 Å². The van der Waals surface area contributed by atoms with Crippen LogP contribution in [0.5, 0.6) is 0 Å². The quantitative estimate of drug-likeness (QED) is 0.622. The summed E-state index contributed by atoms with van der Waals surface area (Å²) in [6, 6.07) is 9.81. The van der Waals surface area contributed by atoms with Gasteiger partial charge in [-0.1, -0.05) is 44.2 Å². The van der Waals surface area contributed by atoms with Gasteiger partial charge in [0.25, 0.3) is 0 Å². The number of esters is 1. The summed E-state index contributed by atoms with van der Waals surface area (Å²) in [5.74, 6) is -0.544. The Bertz CT molecular complexity index is 523. The Morgan fingerprint density at radius 3 is 2.31 bits per heavy atom. The van der Waals surface area contributed by atoms with Crippen molar-refractivity contribution in [2.24, 2.45) is 17.3 Å². The van der Waals surface area contributed by atoms with E-state index < -0.39 is 11.5 Å². The van der Waals surface area contributed by atoms with Crippen LogP contribution in [0.1, 0.15) is 46.6 Å². The molecule has 5 nitrogen and oxygen atoms in total. The molecule has 0 saturated carbocycles. The fourth-order valence-corrected chi connectivity index (χ4v) is 2.73. The van der Waals surface area contributed by atoms with Gasteiger partial charge in [0.1, 0.15) is 0 Å². The number of carbonyl (C=O) groups excluding carboxylic acids is 1. The molecule has 0 bridgehead atoms. The van der Waals surface area contributed by atoms with E-state index in [2.05, 4.69) is 0 Å². The van der Waals surface area contributed by atoms with Crippen molar-refractivity contribution < 1.29 is 24.5 Å². The van der Waals surface area contributed by atoms with Crippen molar-refractivity contribution in [2.45, 2.75) is 59.9 Å². The van der Waals surface area contributed by atoms with Crippen molar-refractivity contribution in [2.75, 3.05) is 13.2 Å². The standard InChI is InChI=1S/C21H34O5/c1-15(13-26-20(24)21(3,4)5)19(16(2)18(23)11-12-22)25-14-17-9-7-6-8-10-17/h6-10,15-16,18-19,22-23H,11-14H2,1-5H3/t15-,16+,18-,19-/m1/s1. The van der Waals surface area contributed by atoms with E-state index in [1.165, 1.54) is 0 Å². The maximum atomic E-state index is 12.0. The second kappa shape index (κ2) is 10.7. The Morgan fingerprint density at radius 2 is 1.77 bits per heavy atom. The van der Waals surface area contributed by atoms with Gasteiger partial charge in [-0.2, -0.15) is 0 Å². The summed E-state index contributed by atoms with van der Waals surface area (Å²) in [5, 5.41) is 19.4. The molecule has 0 fully saturated rings. The molecular weight excluding hydrogens is 332 g/mol. The Balaban J connectivity index is 2.76. The maximum absolute atomic E-state index is 12.0. The van der Waals surface area contributed by atoms with Crippen LogP contribution in [-0.2, 0) is 20.9 Å². The predicted octanol–water partition coefficient (Wildman–Crippen LogP) is 3.18. The number of rotatable bonds is 10. The first-order valence-electron chi connectivity index (χ1n) is 9.28. The molecular formula is C21H34O5. The van der Waals surface area contributed by atoms with E-state index in [1.54, 1.807) is 0 Å². The number of carbonyl (C=O) groups is 1. The highest BCUT2D eigenvalue weighted by molar-refractivity contribution is 5.75. The summed E-state index contributed by atoms with van der Waals surface area (Å²) < 4.78 is 11.5. The van der Waals surface area contributed by atoms with Crippen LogP contribution in [-0.4, -0.2) is 41.6 Å². The first kappa shape index (κ1) is 22.6. The summed E-state index contributed by atoms with van der Waals surface area (Å²) in [7, 11) is 0. The zero-order chi connectivity index (χ0) is 19.7.